The zero-order valence-corrected chi connectivity index (χ0v) is 18.1. The third-order valence-corrected chi connectivity index (χ3v) is 5.65. The minimum absolute atomic E-state index is 0.0636. The molecule has 3 aromatic carbocycles. The molecular formula is C23H13BrClN3O3. The molecule has 31 heavy (non-hydrogen) atoms. The average Bonchev–Trinajstić information content (AvgIpc) is 3.21. The summed E-state index contributed by atoms with van der Waals surface area (Å²) in [5.74, 6) is 0.637. The second-order valence-electron chi connectivity index (χ2n) is 6.80. The van der Waals surface area contributed by atoms with Gasteiger partial charge in [0.05, 0.1) is 26.6 Å². The number of hydrogen-bond acceptors (Lipinski definition) is 5. The highest BCUT2D eigenvalue weighted by Gasteiger charge is 2.16. The van der Waals surface area contributed by atoms with Crippen molar-refractivity contribution in [2.24, 2.45) is 5.10 Å². The molecule has 6 nitrogen and oxygen atoms in total. The molecule has 0 fully saturated rings. The first-order valence-corrected chi connectivity index (χ1v) is 10.4. The molecule has 2 aromatic heterocycles. The van der Waals surface area contributed by atoms with Gasteiger partial charge in [-0.25, -0.2) is 4.98 Å². The Hall–Kier alpha value is -3.42. The van der Waals surface area contributed by atoms with Gasteiger partial charge in [-0.05, 0) is 57.9 Å². The van der Waals surface area contributed by atoms with Crippen LogP contribution < -0.4 is 5.56 Å². The number of para-hydroxylation sites is 2. The maximum absolute atomic E-state index is 13.2. The van der Waals surface area contributed by atoms with Gasteiger partial charge in [0.25, 0.3) is 5.56 Å². The number of nitrogens with zero attached hydrogens (tertiary/aromatic N) is 3. The molecule has 0 bridgehead atoms. The van der Waals surface area contributed by atoms with Gasteiger partial charge < -0.3 is 9.52 Å². The van der Waals surface area contributed by atoms with Gasteiger partial charge in [0.1, 0.15) is 11.3 Å². The van der Waals surface area contributed by atoms with Crippen LogP contribution in [0.3, 0.4) is 0 Å². The Balaban J connectivity index is 1.73. The van der Waals surface area contributed by atoms with E-state index >= 15 is 0 Å². The maximum Gasteiger partial charge on any atom is 0.282 e. The fourth-order valence-electron chi connectivity index (χ4n) is 3.27. The van der Waals surface area contributed by atoms with Crippen LogP contribution in [0.25, 0.3) is 33.5 Å². The normalized spacial score (nSPS) is 11.7. The van der Waals surface area contributed by atoms with Crippen molar-refractivity contribution in [2.45, 2.75) is 0 Å². The summed E-state index contributed by atoms with van der Waals surface area (Å²) in [6.07, 6.45) is 1.47. The van der Waals surface area contributed by atoms with Crippen LogP contribution in [0.4, 0.5) is 0 Å². The first kappa shape index (κ1) is 19.5. The number of benzene rings is 3. The summed E-state index contributed by atoms with van der Waals surface area (Å²) in [6.45, 7) is 0. The van der Waals surface area contributed by atoms with E-state index < -0.39 is 0 Å². The summed E-state index contributed by atoms with van der Waals surface area (Å²) in [5.41, 5.74) is 1.49. The first-order valence-electron chi connectivity index (χ1n) is 9.24. The second kappa shape index (κ2) is 7.68. The Bertz CT molecular complexity index is 1500. The van der Waals surface area contributed by atoms with Crippen molar-refractivity contribution in [1.29, 1.82) is 0 Å². The predicted octanol–water partition coefficient (Wildman–Crippen LogP) is 5.81. The fourth-order valence-corrected chi connectivity index (χ4v) is 4.09. The highest BCUT2D eigenvalue weighted by molar-refractivity contribution is 9.10. The Morgan fingerprint density at radius 3 is 2.68 bits per heavy atom. The Labute approximate surface area is 189 Å². The highest BCUT2D eigenvalue weighted by atomic mass is 79.9. The molecule has 8 heteroatoms. The lowest BCUT2D eigenvalue weighted by molar-refractivity contribution is 0.472. The maximum atomic E-state index is 13.2. The lowest BCUT2D eigenvalue weighted by atomic mass is 10.2. The number of fused-ring (bicyclic) bond motifs is 2. The summed E-state index contributed by atoms with van der Waals surface area (Å²) < 4.78 is 7.57. The number of phenols is 1. The van der Waals surface area contributed by atoms with Gasteiger partial charge in [0.15, 0.2) is 5.76 Å². The van der Waals surface area contributed by atoms with E-state index in [0.717, 1.165) is 5.39 Å². The molecular weight excluding hydrogens is 482 g/mol. The van der Waals surface area contributed by atoms with E-state index in [-0.39, 0.29) is 22.2 Å². The topological polar surface area (TPSA) is 80.6 Å². The van der Waals surface area contributed by atoms with Crippen LogP contribution in [0.15, 0.2) is 85.5 Å². The lowest BCUT2D eigenvalue weighted by Crippen LogP contribution is -2.20. The Morgan fingerprint density at radius 1 is 1.10 bits per heavy atom. The van der Waals surface area contributed by atoms with E-state index in [1.807, 2.05) is 36.4 Å². The smallest absolute Gasteiger partial charge is 0.282 e. The summed E-state index contributed by atoms with van der Waals surface area (Å²) in [6, 6.07) is 19.6. The first-order chi connectivity index (χ1) is 15.0. The molecule has 0 radical (unpaired) electrons. The van der Waals surface area contributed by atoms with Gasteiger partial charge in [0, 0.05) is 5.39 Å². The van der Waals surface area contributed by atoms with E-state index in [0.29, 0.717) is 32.3 Å². The monoisotopic (exact) mass is 493 g/mol. The minimum atomic E-state index is -0.332. The van der Waals surface area contributed by atoms with E-state index in [1.54, 1.807) is 30.3 Å². The van der Waals surface area contributed by atoms with E-state index in [4.69, 9.17) is 16.0 Å². The molecule has 1 N–H and O–H groups in total. The molecule has 0 amide bonds. The van der Waals surface area contributed by atoms with E-state index in [1.165, 1.54) is 10.9 Å². The second-order valence-corrected chi connectivity index (χ2v) is 8.06. The Kier molecular flexibility index (Phi) is 4.84. The summed E-state index contributed by atoms with van der Waals surface area (Å²) in [5, 5.41) is 15.7. The molecule has 0 aliphatic heterocycles. The summed E-state index contributed by atoms with van der Waals surface area (Å²) in [7, 11) is 0. The quantitative estimate of drug-likeness (QED) is 0.321. The number of aromatic hydroxyl groups is 1. The minimum Gasteiger partial charge on any atom is -0.505 e. The van der Waals surface area contributed by atoms with Crippen molar-refractivity contribution in [1.82, 2.24) is 9.66 Å². The predicted molar refractivity (Wildman–Crippen MR) is 125 cm³/mol. The van der Waals surface area contributed by atoms with Crippen LogP contribution in [0.2, 0.25) is 5.02 Å². The van der Waals surface area contributed by atoms with Crippen molar-refractivity contribution in [3.8, 4) is 17.3 Å². The zero-order valence-electron chi connectivity index (χ0n) is 15.8. The molecule has 5 aromatic rings. The van der Waals surface area contributed by atoms with E-state index in [2.05, 4.69) is 26.0 Å². The summed E-state index contributed by atoms with van der Waals surface area (Å²) in [4.78, 5) is 17.9. The molecule has 0 saturated heterocycles. The third-order valence-electron chi connectivity index (χ3n) is 4.76. The molecule has 152 valence electrons. The number of phenolic OH excluding ortho intramolecular Hbond substituents is 1. The fraction of sp³-hybridized carbons (Fsp3) is 0. The van der Waals surface area contributed by atoms with Crippen LogP contribution in [-0.4, -0.2) is 21.0 Å². The van der Waals surface area contributed by atoms with Gasteiger partial charge in [-0.2, -0.15) is 9.78 Å². The number of hydrogen-bond donors (Lipinski definition) is 1. The molecule has 0 spiro atoms. The standard InChI is InChI=1S/C23H13BrClN3O3/c24-16-9-13(10-17(25)21(16)29)12-26-28-22(20-11-14-5-1-4-8-19(14)31-20)27-18-7-3-2-6-15(18)23(28)30/h1-12,29H. The van der Waals surface area contributed by atoms with Crippen LogP contribution in [0.1, 0.15) is 5.56 Å². The molecule has 2 heterocycles. The molecule has 0 aliphatic carbocycles. The number of furan rings is 1. The Morgan fingerprint density at radius 2 is 1.87 bits per heavy atom. The van der Waals surface area contributed by atoms with Crippen LogP contribution in [-0.2, 0) is 0 Å². The van der Waals surface area contributed by atoms with Crippen molar-refractivity contribution >= 4 is 55.6 Å². The third kappa shape index (κ3) is 3.52. The van der Waals surface area contributed by atoms with Crippen LogP contribution in [0, 0.1) is 0 Å². The lowest BCUT2D eigenvalue weighted by Gasteiger charge is -2.07. The molecule has 0 unspecified atom stereocenters. The number of rotatable bonds is 3. The van der Waals surface area contributed by atoms with Crippen molar-refractivity contribution < 1.29 is 9.52 Å². The number of halogens is 2. The average molecular weight is 495 g/mol. The SMILES string of the molecule is O=c1c2ccccc2nc(-c2cc3ccccc3o2)n1N=Cc1cc(Cl)c(O)c(Br)c1. The molecule has 0 aliphatic rings. The van der Waals surface area contributed by atoms with Crippen LogP contribution >= 0.6 is 27.5 Å². The van der Waals surface area contributed by atoms with Gasteiger partial charge >= 0.3 is 0 Å². The number of aromatic nitrogens is 2. The van der Waals surface area contributed by atoms with Gasteiger partial charge in [-0.1, -0.05) is 41.9 Å². The van der Waals surface area contributed by atoms with Crippen molar-refractivity contribution in [3.63, 3.8) is 0 Å². The molecule has 0 saturated carbocycles. The summed E-state index contributed by atoms with van der Waals surface area (Å²) >= 11 is 9.29. The van der Waals surface area contributed by atoms with Crippen molar-refractivity contribution in [2.75, 3.05) is 0 Å². The molecule has 5 rings (SSSR count). The van der Waals surface area contributed by atoms with E-state index in [9.17, 15) is 9.90 Å². The van der Waals surface area contributed by atoms with Gasteiger partial charge in [-0.15, -0.1) is 0 Å². The van der Waals surface area contributed by atoms with Gasteiger partial charge in [0.2, 0.25) is 5.82 Å². The highest BCUT2D eigenvalue weighted by Crippen LogP contribution is 2.32. The van der Waals surface area contributed by atoms with Crippen LogP contribution in [0.5, 0.6) is 5.75 Å². The van der Waals surface area contributed by atoms with Crippen molar-refractivity contribution in [3.05, 3.63) is 92.1 Å². The largest absolute Gasteiger partial charge is 0.505 e. The molecule has 0 atom stereocenters. The zero-order chi connectivity index (χ0) is 21.5. The van der Waals surface area contributed by atoms with Gasteiger partial charge in [-0.3, -0.25) is 4.79 Å².